The largest absolute Gasteiger partial charge is 0.393 e. The Bertz CT molecular complexity index is 348. The summed E-state index contributed by atoms with van der Waals surface area (Å²) >= 11 is 0. The van der Waals surface area contributed by atoms with Gasteiger partial charge in [0, 0.05) is 12.6 Å². The molecule has 1 saturated heterocycles. The van der Waals surface area contributed by atoms with Crippen molar-refractivity contribution in [1.82, 2.24) is 10.2 Å². The van der Waals surface area contributed by atoms with Gasteiger partial charge in [-0.2, -0.15) is 0 Å². The van der Waals surface area contributed by atoms with E-state index in [0.29, 0.717) is 11.9 Å². The van der Waals surface area contributed by atoms with E-state index in [1.54, 1.807) is 0 Å². The van der Waals surface area contributed by atoms with E-state index in [1.807, 2.05) is 0 Å². The zero-order chi connectivity index (χ0) is 15.3. The summed E-state index contributed by atoms with van der Waals surface area (Å²) in [6, 6.07) is 0.694. The smallest absolute Gasteiger partial charge is 0.228 e. The molecule has 2 amide bonds. The van der Waals surface area contributed by atoms with Crippen molar-refractivity contribution >= 4 is 11.8 Å². The van der Waals surface area contributed by atoms with Gasteiger partial charge in [0.05, 0.1) is 17.9 Å². The highest BCUT2D eigenvalue weighted by Gasteiger charge is 2.48. The Labute approximate surface area is 120 Å². The minimum atomic E-state index is -0.600. The lowest BCUT2D eigenvalue weighted by atomic mass is 9.68. The van der Waals surface area contributed by atoms with Gasteiger partial charge in [-0.15, -0.1) is 0 Å². The van der Waals surface area contributed by atoms with Crippen LogP contribution in [-0.2, 0) is 9.59 Å². The van der Waals surface area contributed by atoms with E-state index in [-0.39, 0.29) is 11.8 Å². The molecule has 2 rings (SSSR count). The number of β-lactam (4-membered cyclic amide) rings is 1. The Balaban J connectivity index is 0.000000246. The summed E-state index contributed by atoms with van der Waals surface area (Å²) in [6.07, 6.45) is 3.99. The van der Waals surface area contributed by atoms with Crippen LogP contribution in [-0.4, -0.2) is 54.6 Å². The zero-order valence-corrected chi connectivity index (χ0v) is 12.7. The number of nitrogens with one attached hydrogen (secondary N) is 1. The van der Waals surface area contributed by atoms with Gasteiger partial charge in [0.15, 0.2) is 0 Å². The van der Waals surface area contributed by atoms with Crippen LogP contribution < -0.4 is 11.1 Å². The molecule has 1 aliphatic heterocycles. The maximum Gasteiger partial charge on any atom is 0.228 e. The number of aliphatic hydroxyl groups is 1. The third kappa shape index (κ3) is 4.45. The fourth-order valence-corrected chi connectivity index (χ4v) is 2.78. The first-order valence-electron chi connectivity index (χ1n) is 7.18. The van der Waals surface area contributed by atoms with Crippen LogP contribution in [0.5, 0.6) is 0 Å². The standard InChI is InChI=1S/C10H18N2O.C4H9NO2/c1-12(2)8-3-5-10(6-4-8)7-11-9(10)13;1-3(6)2-4(5)7/h8H,3-7H2,1-2H3,(H,11,13);3,6H,2H2,1H3,(H2,5,7). The van der Waals surface area contributed by atoms with E-state index in [9.17, 15) is 9.59 Å². The molecule has 6 nitrogen and oxygen atoms in total. The van der Waals surface area contributed by atoms with Crippen molar-refractivity contribution in [1.29, 1.82) is 0 Å². The lowest BCUT2D eigenvalue weighted by Crippen LogP contribution is -2.61. The predicted octanol–water partition coefficient (Wildman–Crippen LogP) is -0.151. The molecule has 1 aliphatic carbocycles. The van der Waals surface area contributed by atoms with E-state index < -0.39 is 12.0 Å². The minimum absolute atomic E-state index is 0.0481. The van der Waals surface area contributed by atoms with Gasteiger partial charge in [-0.05, 0) is 46.7 Å². The van der Waals surface area contributed by atoms with Gasteiger partial charge in [-0.3, -0.25) is 9.59 Å². The van der Waals surface area contributed by atoms with Crippen molar-refractivity contribution in [2.24, 2.45) is 11.1 Å². The second-order valence-corrected chi connectivity index (χ2v) is 6.18. The maximum absolute atomic E-state index is 11.4. The van der Waals surface area contributed by atoms with E-state index in [0.717, 1.165) is 19.4 Å². The Kier molecular flexibility index (Phi) is 5.95. The van der Waals surface area contributed by atoms with Gasteiger partial charge < -0.3 is 21.1 Å². The van der Waals surface area contributed by atoms with Gasteiger partial charge in [0.2, 0.25) is 11.8 Å². The average molecular weight is 285 g/mol. The maximum atomic E-state index is 11.4. The monoisotopic (exact) mass is 285 g/mol. The molecule has 0 radical (unpaired) electrons. The second-order valence-electron chi connectivity index (χ2n) is 6.18. The van der Waals surface area contributed by atoms with Crippen LogP contribution in [0, 0.1) is 5.41 Å². The summed E-state index contributed by atoms with van der Waals surface area (Å²) < 4.78 is 0. The molecule has 0 aromatic rings. The highest BCUT2D eigenvalue weighted by atomic mass is 16.3. The molecular formula is C14H27N3O3. The van der Waals surface area contributed by atoms with Crippen LogP contribution in [0.2, 0.25) is 0 Å². The van der Waals surface area contributed by atoms with Crippen LogP contribution in [0.15, 0.2) is 0 Å². The van der Waals surface area contributed by atoms with Crippen molar-refractivity contribution in [2.45, 2.75) is 51.2 Å². The quantitative estimate of drug-likeness (QED) is 0.628. The summed E-state index contributed by atoms with van der Waals surface area (Å²) in [6.45, 7) is 2.44. The predicted molar refractivity (Wildman–Crippen MR) is 76.9 cm³/mol. The van der Waals surface area contributed by atoms with Crippen molar-refractivity contribution < 1.29 is 14.7 Å². The SMILES string of the molecule is CC(O)CC(N)=O.CN(C)C1CCC2(CC1)CNC2=O. The van der Waals surface area contributed by atoms with E-state index in [2.05, 4.69) is 24.3 Å². The molecule has 1 unspecified atom stereocenters. The van der Waals surface area contributed by atoms with E-state index >= 15 is 0 Å². The Morgan fingerprint density at radius 3 is 2.25 bits per heavy atom. The normalized spacial score (nSPS) is 30.1. The van der Waals surface area contributed by atoms with Crippen LogP contribution in [0.3, 0.4) is 0 Å². The number of hydrogen-bond donors (Lipinski definition) is 3. The molecule has 4 N–H and O–H groups in total. The first kappa shape index (κ1) is 16.9. The molecule has 6 heteroatoms. The van der Waals surface area contributed by atoms with E-state index in [1.165, 1.54) is 19.8 Å². The number of nitrogens with zero attached hydrogens (tertiary/aromatic N) is 1. The molecule has 1 spiro atoms. The Hall–Kier alpha value is -1.14. The summed E-state index contributed by atoms with van der Waals surface area (Å²) in [5.41, 5.74) is 4.74. The molecule has 0 aromatic heterocycles. The lowest BCUT2D eigenvalue weighted by Gasteiger charge is -2.46. The molecule has 2 fully saturated rings. The summed E-state index contributed by atoms with van der Waals surface area (Å²) in [5, 5.41) is 11.3. The highest BCUT2D eigenvalue weighted by molar-refractivity contribution is 5.88. The summed E-state index contributed by atoms with van der Waals surface area (Å²) in [7, 11) is 4.26. The molecule has 116 valence electrons. The molecule has 20 heavy (non-hydrogen) atoms. The molecule has 2 aliphatic rings. The fraction of sp³-hybridized carbons (Fsp3) is 0.857. The van der Waals surface area contributed by atoms with Gasteiger partial charge in [-0.25, -0.2) is 0 Å². The van der Waals surface area contributed by atoms with Gasteiger partial charge in [-0.1, -0.05) is 0 Å². The number of aliphatic hydroxyl groups excluding tert-OH is 1. The van der Waals surface area contributed by atoms with Crippen LogP contribution in [0.4, 0.5) is 0 Å². The number of nitrogens with two attached hydrogens (primary N) is 1. The Morgan fingerprint density at radius 1 is 1.50 bits per heavy atom. The third-order valence-electron chi connectivity index (χ3n) is 4.21. The molecular weight excluding hydrogens is 258 g/mol. The molecule has 1 atom stereocenters. The van der Waals surface area contributed by atoms with Crippen LogP contribution in [0.1, 0.15) is 39.0 Å². The van der Waals surface area contributed by atoms with Crippen molar-refractivity contribution in [3.05, 3.63) is 0 Å². The summed E-state index contributed by atoms with van der Waals surface area (Å²) in [4.78, 5) is 23.5. The summed E-state index contributed by atoms with van der Waals surface area (Å²) in [5.74, 6) is -0.167. The van der Waals surface area contributed by atoms with Gasteiger partial charge in [0.1, 0.15) is 0 Å². The molecule has 0 bridgehead atoms. The first-order valence-corrected chi connectivity index (χ1v) is 7.18. The number of carbonyl (C=O) groups excluding carboxylic acids is 2. The number of primary amides is 1. The van der Waals surface area contributed by atoms with Crippen molar-refractivity contribution in [3.63, 3.8) is 0 Å². The van der Waals surface area contributed by atoms with Gasteiger partial charge in [0.25, 0.3) is 0 Å². The first-order chi connectivity index (χ1) is 9.27. The molecule has 1 heterocycles. The zero-order valence-electron chi connectivity index (χ0n) is 12.7. The average Bonchev–Trinajstić information content (AvgIpc) is 2.36. The number of carbonyl (C=O) groups is 2. The van der Waals surface area contributed by atoms with Crippen molar-refractivity contribution in [2.75, 3.05) is 20.6 Å². The Morgan fingerprint density at radius 2 is 2.05 bits per heavy atom. The second kappa shape index (κ2) is 7.04. The lowest BCUT2D eigenvalue weighted by molar-refractivity contribution is -0.143. The number of rotatable bonds is 3. The highest BCUT2D eigenvalue weighted by Crippen LogP contribution is 2.41. The molecule has 1 saturated carbocycles. The third-order valence-corrected chi connectivity index (χ3v) is 4.21. The van der Waals surface area contributed by atoms with Crippen LogP contribution in [0.25, 0.3) is 0 Å². The number of hydrogen-bond acceptors (Lipinski definition) is 4. The van der Waals surface area contributed by atoms with E-state index in [4.69, 9.17) is 10.8 Å². The topological polar surface area (TPSA) is 95.7 Å². The van der Waals surface area contributed by atoms with Crippen molar-refractivity contribution in [3.8, 4) is 0 Å². The fourth-order valence-electron chi connectivity index (χ4n) is 2.78. The molecule has 0 aromatic carbocycles. The van der Waals surface area contributed by atoms with Gasteiger partial charge >= 0.3 is 0 Å². The number of amides is 2. The minimum Gasteiger partial charge on any atom is -0.393 e. The van der Waals surface area contributed by atoms with Crippen LogP contribution >= 0.6 is 0 Å².